The lowest BCUT2D eigenvalue weighted by Gasteiger charge is -2.25. The Labute approximate surface area is 116 Å². The van der Waals surface area contributed by atoms with Crippen LogP contribution in [0.2, 0.25) is 0 Å². The van der Waals surface area contributed by atoms with Crippen LogP contribution in [0.1, 0.15) is 18.9 Å². The summed E-state index contributed by atoms with van der Waals surface area (Å²) in [6.45, 7) is 2.79. The summed E-state index contributed by atoms with van der Waals surface area (Å²) >= 11 is 0. The second-order valence-corrected chi connectivity index (χ2v) is 4.59. The lowest BCUT2D eigenvalue weighted by Crippen LogP contribution is -2.32. The molecule has 6 nitrogen and oxygen atoms in total. The van der Waals surface area contributed by atoms with Crippen molar-refractivity contribution in [1.82, 2.24) is 4.90 Å². The average molecular weight is 276 g/mol. The van der Waals surface area contributed by atoms with Gasteiger partial charge in [0.15, 0.2) is 5.75 Å². The van der Waals surface area contributed by atoms with Crippen molar-refractivity contribution in [2.24, 2.45) is 0 Å². The summed E-state index contributed by atoms with van der Waals surface area (Å²) in [6, 6.07) is 4.84. The standard InChI is InChI=1S/C14H16N2O4/c1-10(17)15-7-5-11(6-8-15)12-3-4-13(16(18)19)14(9-12)20-2/h3-5,9H,6-8H2,1-2H3. The summed E-state index contributed by atoms with van der Waals surface area (Å²) in [6.07, 6.45) is 2.71. The summed E-state index contributed by atoms with van der Waals surface area (Å²) in [5, 5.41) is 10.9. The van der Waals surface area contributed by atoms with Gasteiger partial charge in [0.2, 0.25) is 5.91 Å². The van der Waals surface area contributed by atoms with E-state index in [0.29, 0.717) is 13.1 Å². The number of nitrogens with zero attached hydrogens (tertiary/aromatic N) is 2. The number of methoxy groups -OCH3 is 1. The van der Waals surface area contributed by atoms with E-state index in [0.717, 1.165) is 17.6 Å². The second kappa shape index (κ2) is 5.73. The minimum absolute atomic E-state index is 0.0435. The van der Waals surface area contributed by atoms with Crippen LogP contribution in [0.15, 0.2) is 24.3 Å². The summed E-state index contributed by atoms with van der Waals surface area (Å²) in [5.41, 5.74) is 1.93. The molecule has 1 heterocycles. The quantitative estimate of drug-likeness (QED) is 0.627. The molecule has 0 atom stereocenters. The molecule has 1 aromatic rings. The Morgan fingerprint density at radius 1 is 1.45 bits per heavy atom. The average Bonchev–Trinajstić information content (AvgIpc) is 2.46. The van der Waals surface area contributed by atoms with Crippen LogP contribution in [0.4, 0.5) is 5.69 Å². The fourth-order valence-electron chi connectivity index (χ4n) is 2.25. The molecule has 0 saturated carbocycles. The minimum Gasteiger partial charge on any atom is -0.490 e. The summed E-state index contributed by atoms with van der Waals surface area (Å²) in [4.78, 5) is 23.4. The molecule has 2 rings (SSSR count). The first-order valence-corrected chi connectivity index (χ1v) is 6.30. The number of ether oxygens (including phenoxy) is 1. The molecule has 0 fully saturated rings. The van der Waals surface area contributed by atoms with Gasteiger partial charge in [0.05, 0.1) is 12.0 Å². The first kappa shape index (κ1) is 14.0. The SMILES string of the molecule is COc1cc(C2=CCN(C(C)=O)CC2)ccc1[N+](=O)[O-]. The fourth-order valence-corrected chi connectivity index (χ4v) is 2.25. The molecular formula is C14H16N2O4. The van der Waals surface area contributed by atoms with Gasteiger partial charge in [-0.05, 0) is 29.7 Å². The van der Waals surface area contributed by atoms with Crippen LogP contribution >= 0.6 is 0 Å². The summed E-state index contributed by atoms with van der Waals surface area (Å²) < 4.78 is 5.06. The molecule has 6 heteroatoms. The normalized spacial score (nSPS) is 14.7. The van der Waals surface area contributed by atoms with Gasteiger partial charge in [0.1, 0.15) is 0 Å². The van der Waals surface area contributed by atoms with Crippen molar-refractivity contribution in [3.8, 4) is 5.75 Å². The molecule has 0 aromatic heterocycles. The molecule has 1 aliphatic rings. The number of hydrogen-bond donors (Lipinski definition) is 0. The van der Waals surface area contributed by atoms with Gasteiger partial charge in [-0.2, -0.15) is 0 Å². The Morgan fingerprint density at radius 2 is 2.20 bits per heavy atom. The Hall–Kier alpha value is -2.37. The van der Waals surface area contributed by atoms with Crippen LogP contribution in [0.25, 0.3) is 5.57 Å². The van der Waals surface area contributed by atoms with Crippen LogP contribution in [0, 0.1) is 10.1 Å². The highest BCUT2D eigenvalue weighted by Crippen LogP contribution is 2.32. The van der Waals surface area contributed by atoms with Crippen molar-refractivity contribution in [2.75, 3.05) is 20.2 Å². The second-order valence-electron chi connectivity index (χ2n) is 4.59. The molecule has 0 radical (unpaired) electrons. The van der Waals surface area contributed by atoms with Crippen LogP contribution in [0.5, 0.6) is 5.75 Å². The third-order valence-corrected chi connectivity index (χ3v) is 3.40. The number of carbonyl (C=O) groups excluding carboxylic acids is 1. The number of nitro benzene ring substituents is 1. The van der Waals surface area contributed by atoms with E-state index in [2.05, 4.69) is 0 Å². The number of amides is 1. The Kier molecular flexibility index (Phi) is 4.02. The van der Waals surface area contributed by atoms with Crippen molar-refractivity contribution in [2.45, 2.75) is 13.3 Å². The smallest absolute Gasteiger partial charge is 0.310 e. The number of nitro groups is 1. The van der Waals surface area contributed by atoms with Gasteiger partial charge in [-0.3, -0.25) is 14.9 Å². The highest BCUT2D eigenvalue weighted by atomic mass is 16.6. The van der Waals surface area contributed by atoms with Crippen molar-refractivity contribution < 1.29 is 14.5 Å². The van der Waals surface area contributed by atoms with E-state index in [-0.39, 0.29) is 17.3 Å². The molecule has 0 saturated heterocycles. The van der Waals surface area contributed by atoms with E-state index in [1.54, 1.807) is 24.0 Å². The van der Waals surface area contributed by atoms with E-state index in [4.69, 9.17) is 4.74 Å². The predicted molar refractivity (Wildman–Crippen MR) is 74.5 cm³/mol. The third kappa shape index (κ3) is 2.79. The number of benzene rings is 1. The molecule has 0 spiro atoms. The lowest BCUT2D eigenvalue weighted by atomic mass is 9.99. The van der Waals surface area contributed by atoms with Gasteiger partial charge in [-0.1, -0.05) is 6.08 Å². The van der Waals surface area contributed by atoms with Gasteiger partial charge in [0.25, 0.3) is 0 Å². The fraction of sp³-hybridized carbons (Fsp3) is 0.357. The predicted octanol–water partition coefficient (Wildman–Crippen LogP) is 2.24. The van der Waals surface area contributed by atoms with E-state index >= 15 is 0 Å². The molecule has 0 bridgehead atoms. The first-order chi connectivity index (χ1) is 9.52. The van der Waals surface area contributed by atoms with Crippen LogP contribution < -0.4 is 4.74 Å². The maximum Gasteiger partial charge on any atom is 0.310 e. The molecule has 0 aliphatic carbocycles. The zero-order valence-corrected chi connectivity index (χ0v) is 11.5. The van der Waals surface area contributed by atoms with Crippen molar-refractivity contribution in [1.29, 1.82) is 0 Å². The molecule has 0 N–H and O–H groups in total. The zero-order valence-electron chi connectivity index (χ0n) is 11.5. The summed E-state index contributed by atoms with van der Waals surface area (Å²) in [7, 11) is 1.42. The third-order valence-electron chi connectivity index (χ3n) is 3.40. The van der Waals surface area contributed by atoms with E-state index in [9.17, 15) is 14.9 Å². The zero-order chi connectivity index (χ0) is 14.7. The number of rotatable bonds is 3. The largest absolute Gasteiger partial charge is 0.490 e. The van der Waals surface area contributed by atoms with Gasteiger partial charge in [-0.25, -0.2) is 0 Å². The summed E-state index contributed by atoms with van der Waals surface area (Å²) in [5.74, 6) is 0.309. The van der Waals surface area contributed by atoms with Gasteiger partial charge >= 0.3 is 5.69 Å². The maximum absolute atomic E-state index is 11.3. The number of carbonyl (C=O) groups is 1. The van der Waals surface area contributed by atoms with Crippen molar-refractivity contribution >= 4 is 17.2 Å². The van der Waals surface area contributed by atoms with Crippen LogP contribution in [0.3, 0.4) is 0 Å². The molecule has 1 aliphatic heterocycles. The van der Waals surface area contributed by atoms with Gasteiger partial charge in [0, 0.05) is 26.1 Å². The highest BCUT2D eigenvalue weighted by molar-refractivity contribution is 5.76. The lowest BCUT2D eigenvalue weighted by molar-refractivity contribution is -0.385. The molecule has 106 valence electrons. The van der Waals surface area contributed by atoms with E-state index in [1.165, 1.54) is 13.2 Å². The van der Waals surface area contributed by atoms with Crippen molar-refractivity contribution in [3.63, 3.8) is 0 Å². The Balaban J connectivity index is 2.26. The molecule has 1 amide bonds. The Bertz CT molecular complexity index is 581. The molecule has 1 aromatic carbocycles. The molecule has 20 heavy (non-hydrogen) atoms. The van der Waals surface area contributed by atoms with Gasteiger partial charge < -0.3 is 9.64 Å². The van der Waals surface area contributed by atoms with E-state index in [1.807, 2.05) is 6.08 Å². The van der Waals surface area contributed by atoms with Crippen molar-refractivity contribution in [3.05, 3.63) is 40.0 Å². The first-order valence-electron chi connectivity index (χ1n) is 6.30. The van der Waals surface area contributed by atoms with Gasteiger partial charge in [-0.15, -0.1) is 0 Å². The van der Waals surface area contributed by atoms with E-state index < -0.39 is 4.92 Å². The monoisotopic (exact) mass is 276 g/mol. The highest BCUT2D eigenvalue weighted by Gasteiger charge is 2.19. The molecular weight excluding hydrogens is 260 g/mol. The topological polar surface area (TPSA) is 72.7 Å². The van der Waals surface area contributed by atoms with Crippen LogP contribution in [-0.2, 0) is 4.79 Å². The van der Waals surface area contributed by atoms with Crippen LogP contribution in [-0.4, -0.2) is 35.9 Å². The molecule has 0 unspecified atom stereocenters. The number of hydrogen-bond acceptors (Lipinski definition) is 4. The Morgan fingerprint density at radius 3 is 2.70 bits per heavy atom. The maximum atomic E-state index is 11.3. The minimum atomic E-state index is -0.463.